The number of nitrogens with one attached hydrogen (secondary N) is 1. The van der Waals surface area contributed by atoms with Crippen LogP contribution in [0.1, 0.15) is 38.9 Å². The molecule has 28 heavy (non-hydrogen) atoms. The first-order chi connectivity index (χ1) is 13.1. The molecule has 0 amide bonds. The molecule has 0 aliphatic rings. The summed E-state index contributed by atoms with van der Waals surface area (Å²) in [4.78, 5) is 4.44. The van der Waals surface area contributed by atoms with Gasteiger partial charge >= 0.3 is 0 Å². The van der Waals surface area contributed by atoms with Gasteiger partial charge in [-0.1, -0.05) is 24.3 Å². The Morgan fingerprint density at radius 1 is 0.893 bits per heavy atom. The molecule has 1 aromatic heterocycles. The van der Waals surface area contributed by atoms with Crippen LogP contribution in [0.4, 0.5) is 5.95 Å². The van der Waals surface area contributed by atoms with Crippen molar-refractivity contribution in [3.63, 3.8) is 0 Å². The van der Waals surface area contributed by atoms with Crippen LogP contribution in [-0.4, -0.2) is 23.2 Å². The van der Waals surface area contributed by atoms with Crippen molar-refractivity contribution in [3.8, 4) is 0 Å². The number of hydrogen-bond acceptors (Lipinski definition) is 4. The molecule has 1 N–H and O–H groups in total. The fraction of sp³-hybridized carbons (Fsp3) is 0.333. The van der Waals surface area contributed by atoms with Crippen LogP contribution >= 0.6 is 0 Å². The third kappa shape index (κ3) is 3.67. The number of nitrogens with zero attached hydrogens (tertiary/aromatic N) is 3. The average molecular weight is 399 g/mol. The van der Waals surface area contributed by atoms with E-state index < -0.39 is 10.0 Å². The first kappa shape index (κ1) is 20.1. The van der Waals surface area contributed by atoms with Gasteiger partial charge in [0.05, 0.1) is 11.4 Å². The topological polar surface area (TPSA) is 76.9 Å². The number of rotatable bonds is 5. The smallest absolute Gasteiger partial charge is 0.246 e. The lowest BCUT2D eigenvalue weighted by atomic mass is 9.95. The van der Waals surface area contributed by atoms with Crippen molar-refractivity contribution >= 4 is 16.0 Å². The number of hydrogen-bond donors (Lipinski definition) is 1. The molecule has 0 radical (unpaired) electrons. The fourth-order valence-electron chi connectivity index (χ4n) is 3.42. The van der Waals surface area contributed by atoms with E-state index in [1.165, 1.54) is 6.33 Å². The number of aromatic nitrogens is 3. The summed E-state index contributed by atoms with van der Waals surface area (Å²) in [6.07, 6.45) is 1.54. The zero-order valence-corrected chi connectivity index (χ0v) is 18.0. The van der Waals surface area contributed by atoms with Crippen LogP contribution in [0.2, 0.25) is 0 Å². The largest absolute Gasteiger partial charge is 0.264 e. The molecular formula is C21H26N4O2S. The molecule has 0 fully saturated rings. The molecule has 0 spiro atoms. The molecule has 0 saturated heterocycles. The van der Waals surface area contributed by atoms with Gasteiger partial charge in [0.1, 0.15) is 6.33 Å². The molecule has 6 nitrogen and oxygen atoms in total. The lowest BCUT2D eigenvalue weighted by Gasteiger charge is -2.18. The summed E-state index contributed by atoms with van der Waals surface area (Å²) < 4.78 is 30.3. The van der Waals surface area contributed by atoms with Crippen LogP contribution in [0.15, 0.2) is 35.5 Å². The second-order valence-electron chi connectivity index (χ2n) is 7.25. The van der Waals surface area contributed by atoms with E-state index in [-0.39, 0.29) is 5.95 Å². The van der Waals surface area contributed by atoms with Gasteiger partial charge in [-0.3, -0.25) is 0 Å². The third-order valence-electron chi connectivity index (χ3n) is 5.56. The van der Waals surface area contributed by atoms with Crippen LogP contribution in [0.5, 0.6) is 0 Å². The zero-order valence-electron chi connectivity index (χ0n) is 17.2. The lowest BCUT2D eigenvalue weighted by Crippen LogP contribution is -2.18. The van der Waals surface area contributed by atoms with Gasteiger partial charge in [0.2, 0.25) is 0 Å². The van der Waals surface area contributed by atoms with Gasteiger partial charge in [-0.2, -0.15) is 4.98 Å². The average Bonchev–Trinajstić information content (AvgIpc) is 3.06. The van der Waals surface area contributed by atoms with E-state index in [9.17, 15) is 8.42 Å². The highest BCUT2D eigenvalue weighted by molar-refractivity contribution is 7.92. The first-order valence-corrected chi connectivity index (χ1v) is 10.6. The van der Waals surface area contributed by atoms with Crippen molar-refractivity contribution < 1.29 is 8.42 Å². The maximum Gasteiger partial charge on any atom is 0.264 e. The number of sulfonamides is 1. The molecule has 1 heterocycles. The van der Waals surface area contributed by atoms with Crippen molar-refractivity contribution in [2.45, 2.75) is 53.0 Å². The van der Waals surface area contributed by atoms with Crippen LogP contribution in [-0.2, 0) is 16.6 Å². The van der Waals surface area contributed by atoms with E-state index in [1.54, 1.807) is 4.68 Å². The van der Waals surface area contributed by atoms with E-state index in [1.807, 2.05) is 65.8 Å². The highest BCUT2D eigenvalue weighted by atomic mass is 32.2. The summed E-state index contributed by atoms with van der Waals surface area (Å²) >= 11 is 0. The minimum absolute atomic E-state index is 0.0725. The first-order valence-electron chi connectivity index (χ1n) is 9.15. The lowest BCUT2D eigenvalue weighted by molar-refractivity contribution is 0.599. The number of anilines is 1. The summed E-state index contributed by atoms with van der Waals surface area (Å²) in [5.74, 6) is 0.0725. The molecule has 3 aromatic rings. The second-order valence-corrected chi connectivity index (χ2v) is 8.87. The Bertz CT molecular complexity index is 1120. The molecule has 148 valence electrons. The monoisotopic (exact) mass is 398 g/mol. The molecule has 2 aromatic carbocycles. The molecule has 7 heteroatoms. The van der Waals surface area contributed by atoms with E-state index in [0.29, 0.717) is 11.4 Å². The molecule has 3 rings (SSSR count). The van der Waals surface area contributed by atoms with E-state index in [2.05, 4.69) is 14.8 Å². The van der Waals surface area contributed by atoms with Gasteiger partial charge < -0.3 is 0 Å². The van der Waals surface area contributed by atoms with E-state index >= 15 is 0 Å². The molecule has 0 unspecified atom stereocenters. The van der Waals surface area contributed by atoms with Crippen LogP contribution in [0.3, 0.4) is 0 Å². The summed E-state index contributed by atoms with van der Waals surface area (Å²) in [6.45, 7) is 12.2. The summed E-state index contributed by atoms with van der Waals surface area (Å²) in [5, 5.41) is 4.29. The van der Waals surface area contributed by atoms with Crippen LogP contribution < -0.4 is 4.72 Å². The van der Waals surface area contributed by atoms with Crippen LogP contribution in [0.25, 0.3) is 0 Å². The van der Waals surface area contributed by atoms with Gasteiger partial charge in [-0.15, -0.1) is 5.10 Å². The van der Waals surface area contributed by atoms with Crippen molar-refractivity contribution in [2.24, 2.45) is 0 Å². The van der Waals surface area contributed by atoms with Crippen molar-refractivity contribution in [1.82, 2.24) is 14.8 Å². The maximum absolute atomic E-state index is 13.1. The highest BCUT2D eigenvalue weighted by Crippen LogP contribution is 2.30. The normalized spacial score (nSPS) is 11.6. The predicted octanol–water partition coefficient (Wildman–Crippen LogP) is 3.98. The van der Waals surface area contributed by atoms with Gasteiger partial charge in [-0.25, -0.2) is 17.8 Å². The Balaban J connectivity index is 1.91. The molecule has 0 aliphatic heterocycles. The summed E-state index contributed by atoms with van der Waals surface area (Å²) in [5.41, 5.74) is 6.87. The Labute approximate surface area is 166 Å². The van der Waals surface area contributed by atoms with Crippen molar-refractivity contribution in [1.29, 1.82) is 0 Å². The number of benzene rings is 2. The molecular weight excluding hydrogens is 372 g/mol. The van der Waals surface area contributed by atoms with Crippen molar-refractivity contribution in [2.75, 3.05) is 4.72 Å². The number of aryl methyl sites for hydroxylation is 1. The van der Waals surface area contributed by atoms with Gasteiger partial charge in [-0.05, 0) is 80.5 Å². The zero-order chi connectivity index (χ0) is 20.6. The summed E-state index contributed by atoms with van der Waals surface area (Å²) in [6, 6.07) is 8.00. The fourth-order valence-corrected chi connectivity index (χ4v) is 4.97. The molecule has 0 saturated carbocycles. The summed E-state index contributed by atoms with van der Waals surface area (Å²) in [7, 11) is -3.79. The minimum atomic E-state index is -3.79. The van der Waals surface area contributed by atoms with E-state index in [4.69, 9.17) is 0 Å². The van der Waals surface area contributed by atoms with E-state index in [0.717, 1.165) is 38.9 Å². The van der Waals surface area contributed by atoms with Gasteiger partial charge in [0.25, 0.3) is 16.0 Å². The highest BCUT2D eigenvalue weighted by Gasteiger charge is 2.25. The third-order valence-corrected chi connectivity index (χ3v) is 7.16. The standard InChI is InChI=1S/C21H26N4O2S/c1-13-9-7-8-10-19(13)11-25-12-22-21(23-25)24-28(26,27)20-17(5)15(3)14(2)16(4)18(20)6/h7-10,12H,11H2,1-6H3,(H,23,24). The Kier molecular flexibility index (Phi) is 5.30. The van der Waals surface area contributed by atoms with Crippen LogP contribution in [0, 0.1) is 41.5 Å². The van der Waals surface area contributed by atoms with Crippen molar-refractivity contribution in [3.05, 3.63) is 69.5 Å². The Morgan fingerprint density at radius 3 is 2.07 bits per heavy atom. The molecule has 0 aliphatic carbocycles. The maximum atomic E-state index is 13.1. The Hall–Kier alpha value is -2.67. The van der Waals surface area contributed by atoms with Gasteiger partial charge in [0.15, 0.2) is 0 Å². The minimum Gasteiger partial charge on any atom is -0.246 e. The predicted molar refractivity (Wildman–Crippen MR) is 111 cm³/mol. The second kappa shape index (κ2) is 7.39. The quantitative estimate of drug-likeness (QED) is 0.705. The SMILES string of the molecule is Cc1ccccc1Cn1cnc(NS(=O)(=O)c2c(C)c(C)c(C)c(C)c2C)n1. The Morgan fingerprint density at radius 2 is 1.46 bits per heavy atom. The molecule has 0 atom stereocenters. The molecule has 0 bridgehead atoms. The van der Waals surface area contributed by atoms with Gasteiger partial charge in [0, 0.05) is 0 Å².